The summed E-state index contributed by atoms with van der Waals surface area (Å²) in [6, 6.07) is 11.4. The molecule has 3 N–H and O–H groups in total. The van der Waals surface area contributed by atoms with Gasteiger partial charge in [0, 0.05) is 5.56 Å². The number of hydrogen-bond donors (Lipinski definition) is 3. The Kier molecular flexibility index (Phi) is 4.55. The van der Waals surface area contributed by atoms with Gasteiger partial charge in [-0.05, 0) is 24.1 Å². The molecule has 3 rings (SSSR count). The molecule has 0 fully saturated rings. The third kappa shape index (κ3) is 3.18. The zero-order chi connectivity index (χ0) is 16.2. The Hall–Kier alpha value is -2.44. The maximum absolute atomic E-state index is 9.31. The summed E-state index contributed by atoms with van der Waals surface area (Å²) in [5.41, 5.74) is 3.49. The largest absolute Gasteiger partial charge is 0.394 e. The van der Waals surface area contributed by atoms with Crippen LogP contribution >= 0.6 is 0 Å². The lowest BCUT2D eigenvalue weighted by atomic mass is 10.1. The van der Waals surface area contributed by atoms with Gasteiger partial charge in [0.15, 0.2) is 5.65 Å². The lowest BCUT2D eigenvalue weighted by Crippen LogP contribution is -2.23. The van der Waals surface area contributed by atoms with E-state index in [1.54, 1.807) is 10.7 Å². The molecule has 0 aliphatic heterocycles. The predicted octanol–water partition coefficient (Wildman–Crippen LogP) is 2.07. The van der Waals surface area contributed by atoms with Gasteiger partial charge in [0.25, 0.3) is 0 Å². The fourth-order valence-electron chi connectivity index (χ4n) is 2.41. The summed E-state index contributed by atoms with van der Waals surface area (Å²) in [6.45, 7) is 2.10. The van der Waals surface area contributed by atoms with Crippen molar-refractivity contribution >= 4 is 11.5 Å². The lowest BCUT2D eigenvalue weighted by molar-refractivity contribution is 0.271. The van der Waals surface area contributed by atoms with E-state index in [9.17, 15) is 5.11 Å². The highest BCUT2D eigenvalue weighted by molar-refractivity contribution is 5.63. The topological polar surface area (TPSA) is 82.7 Å². The molecule has 0 aliphatic carbocycles. The summed E-state index contributed by atoms with van der Waals surface area (Å²) in [4.78, 5) is 4.37. The first-order valence-corrected chi connectivity index (χ1v) is 7.67. The third-order valence-electron chi connectivity index (χ3n) is 3.86. The first-order valence-electron chi connectivity index (χ1n) is 7.67. The van der Waals surface area contributed by atoms with Gasteiger partial charge in [-0.25, -0.2) is 9.50 Å². The number of aromatic nitrogens is 3. The molecule has 0 amide bonds. The van der Waals surface area contributed by atoms with Crippen molar-refractivity contribution < 1.29 is 10.2 Å². The summed E-state index contributed by atoms with van der Waals surface area (Å²) in [6.07, 6.45) is 2.60. The highest BCUT2D eigenvalue weighted by atomic mass is 16.3. The number of nitrogens with zero attached hydrogens (tertiary/aromatic N) is 3. The van der Waals surface area contributed by atoms with E-state index in [-0.39, 0.29) is 19.3 Å². The number of anilines is 1. The minimum Gasteiger partial charge on any atom is -0.394 e. The van der Waals surface area contributed by atoms with Crippen molar-refractivity contribution in [3.63, 3.8) is 0 Å². The van der Waals surface area contributed by atoms with Crippen LogP contribution in [0.2, 0.25) is 0 Å². The number of hydrogen-bond acceptors (Lipinski definition) is 5. The fourth-order valence-corrected chi connectivity index (χ4v) is 2.41. The minimum absolute atomic E-state index is 0.0178. The summed E-state index contributed by atoms with van der Waals surface area (Å²) in [5, 5.41) is 26.2. The van der Waals surface area contributed by atoms with Crippen LogP contribution in [-0.4, -0.2) is 37.5 Å². The monoisotopic (exact) mass is 312 g/mol. The second kappa shape index (κ2) is 6.76. The molecule has 0 bridgehead atoms. The molecule has 1 aromatic carbocycles. The van der Waals surface area contributed by atoms with Gasteiger partial charge in [-0.15, -0.1) is 5.10 Å². The Morgan fingerprint density at radius 3 is 2.57 bits per heavy atom. The highest BCUT2D eigenvalue weighted by Gasteiger charge is 2.10. The zero-order valence-electron chi connectivity index (χ0n) is 13.0. The van der Waals surface area contributed by atoms with Crippen molar-refractivity contribution in [3.8, 4) is 11.3 Å². The first-order chi connectivity index (χ1) is 11.2. The Morgan fingerprint density at radius 1 is 1.13 bits per heavy atom. The number of benzene rings is 1. The molecule has 0 spiro atoms. The van der Waals surface area contributed by atoms with Crippen LogP contribution in [0.3, 0.4) is 0 Å². The van der Waals surface area contributed by atoms with Gasteiger partial charge in [-0.2, -0.15) is 0 Å². The standard InChI is InChI=1S/C17H20N4O2/c1-2-14(11-23)19-16-7-8-17-18-9-15(21(17)20-16)13-5-3-12(10-22)4-6-13/h3-9,14,22-23H,2,10-11H2,1H3,(H,19,20). The van der Waals surface area contributed by atoms with Crippen molar-refractivity contribution in [2.45, 2.75) is 26.0 Å². The number of nitrogens with one attached hydrogen (secondary N) is 1. The Labute approximate surface area is 134 Å². The summed E-state index contributed by atoms with van der Waals surface area (Å²) >= 11 is 0. The van der Waals surface area contributed by atoms with E-state index >= 15 is 0 Å². The number of aliphatic hydroxyl groups excluding tert-OH is 2. The molecule has 3 aromatic rings. The second-order valence-electron chi connectivity index (χ2n) is 5.42. The van der Waals surface area contributed by atoms with Crippen molar-refractivity contribution in [3.05, 3.63) is 48.2 Å². The third-order valence-corrected chi connectivity index (χ3v) is 3.86. The van der Waals surface area contributed by atoms with Crippen LogP contribution in [0.1, 0.15) is 18.9 Å². The van der Waals surface area contributed by atoms with Gasteiger partial charge in [0.2, 0.25) is 0 Å². The van der Waals surface area contributed by atoms with Crippen LogP contribution in [0.25, 0.3) is 16.9 Å². The smallest absolute Gasteiger partial charge is 0.154 e. The van der Waals surface area contributed by atoms with Gasteiger partial charge in [-0.1, -0.05) is 31.2 Å². The molecule has 120 valence electrons. The molecule has 1 unspecified atom stereocenters. The van der Waals surface area contributed by atoms with E-state index in [1.165, 1.54) is 0 Å². The Morgan fingerprint density at radius 2 is 1.91 bits per heavy atom. The van der Waals surface area contributed by atoms with Gasteiger partial charge < -0.3 is 15.5 Å². The molecule has 0 aliphatic rings. The highest BCUT2D eigenvalue weighted by Crippen LogP contribution is 2.21. The number of aliphatic hydroxyl groups is 2. The lowest BCUT2D eigenvalue weighted by Gasteiger charge is -2.14. The zero-order valence-corrected chi connectivity index (χ0v) is 13.0. The van der Waals surface area contributed by atoms with Crippen molar-refractivity contribution in [2.75, 3.05) is 11.9 Å². The maximum Gasteiger partial charge on any atom is 0.154 e. The molecular formula is C17H20N4O2. The van der Waals surface area contributed by atoms with Crippen LogP contribution in [0.5, 0.6) is 0 Å². The maximum atomic E-state index is 9.31. The molecule has 0 saturated heterocycles. The SMILES string of the molecule is CCC(CO)Nc1ccc2ncc(-c3ccc(CO)cc3)n2n1. The van der Waals surface area contributed by atoms with Crippen LogP contribution in [-0.2, 0) is 6.61 Å². The first kappa shape index (κ1) is 15.5. The molecule has 6 nitrogen and oxygen atoms in total. The minimum atomic E-state index is -0.0178. The van der Waals surface area contributed by atoms with E-state index in [0.29, 0.717) is 5.82 Å². The number of imidazole rings is 1. The normalized spacial score (nSPS) is 12.5. The van der Waals surface area contributed by atoms with E-state index < -0.39 is 0 Å². The molecule has 2 aromatic heterocycles. The Balaban J connectivity index is 1.97. The van der Waals surface area contributed by atoms with Crippen LogP contribution in [0.4, 0.5) is 5.82 Å². The predicted molar refractivity (Wildman–Crippen MR) is 89.1 cm³/mol. The van der Waals surface area contributed by atoms with Gasteiger partial charge in [-0.3, -0.25) is 0 Å². The fraction of sp³-hybridized carbons (Fsp3) is 0.294. The molecule has 1 atom stereocenters. The summed E-state index contributed by atoms with van der Waals surface area (Å²) in [5.74, 6) is 0.699. The van der Waals surface area contributed by atoms with Gasteiger partial charge in [0.05, 0.1) is 31.1 Å². The van der Waals surface area contributed by atoms with E-state index in [2.05, 4.69) is 15.4 Å². The quantitative estimate of drug-likeness (QED) is 0.649. The van der Waals surface area contributed by atoms with E-state index in [0.717, 1.165) is 28.9 Å². The van der Waals surface area contributed by atoms with Gasteiger partial charge in [0.1, 0.15) is 5.82 Å². The average Bonchev–Trinajstić information content (AvgIpc) is 3.03. The van der Waals surface area contributed by atoms with Crippen molar-refractivity contribution in [1.82, 2.24) is 14.6 Å². The van der Waals surface area contributed by atoms with Crippen LogP contribution < -0.4 is 5.32 Å². The summed E-state index contributed by atoms with van der Waals surface area (Å²) < 4.78 is 1.78. The van der Waals surface area contributed by atoms with Crippen molar-refractivity contribution in [2.24, 2.45) is 0 Å². The average molecular weight is 312 g/mol. The van der Waals surface area contributed by atoms with Crippen LogP contribution in [0.15, 0.2) is 42.6 Å². The molecule has 6 heteroatoms. The van der Waals surface area contributed by atoms with E-state index in [4.69, 9.17) is 5.11 Å². The van der Waals surface area contributed by atoms with E-state index in [1.807, 2.05) is 43.3 Å². The van der Waals surface area contributed by atoms with Crippen molar-refractivity contribution in [1.29, 1.82) is 0 Å². The summed E-state index contributed by atoms with van der Waals surface area (Å²) in [7, 11) is 0. The molecule has 2 heterocycles. The number of fused-ring (bicyclic) bond motifs is 1. The Bertz CT molecular complexity index is 779. The molecule has 0 radical (unpaired) electrons. The molecule has 23 heavy (non-hydrogen) atoms. The molecular weight excluding hydrogens is 292 g/mol. The second-order valence-corrected chi connectivity index (χ2v) is 5.42. The number of rotatable bonds is 6. The molecule has 0 saturated carbocycles. The van der Waals surface area contributed by atoms with Gasteiger partial charge >= 0.3 is 0 Å². The van der Waals surface area contributed by atoms with Crippen LogP contribution in [0, 0.1) is 0 Å².